The van der Waals surface area contributed by atoms with Crippen LogP contribution in [-0.4, -0.2) is 55.7 Å². The number of aryl methyl sites for hydroxylation is 1. The van der Waals surface area contributed by atoms with Gasteiger partial charge in [0.25, 0.3) is 0 Å². The largest absolute Gasteiger partial charge is 0.506 e. The summed E-state index contributed by atoms with van der Waals surface area (Å²) in [5.41, 5.74) is 3.28. The minimum Gasteiger partial charge on any atom is -0.506 e. The molecule has 0 saturated heterocycles. The van der Waals surface area contributed by atoms with Crippen molar-refractivity contribution >= 4 is 21.7 Å². The van der Waals surface area contributed by atoms with Gasteiger partial charge in [-0.2, -0.15) is 0 Å². The maximum atomic E-state index is 11.4. The average Bonchev–Trinajstić information content (AvgIpc) is 2.79. The number of carbonyl (C=O) groups is 1. The Hall–Kier alpha value is -3.60. The Morgan fingerprint density at radius 3 is 2.34 bits per heavy atom. The molecule has 35 heavy (non-hydrogen) atoms. The summed E-state index contributed by atoms with van der Waals surface area (Å²) in [4.78, 5) is 11.2. The summed E-state index contributed by atoms with van der Waals surface area (Å²) in [6, 6.07) is 16.9. The molecule has 0 aliphatic carbocycles. The van der Waals surface area contributed by atoms with E-state index in [2.05, 4.69) is 10.0 Å². The third-order valence-electron chi connectivity index (χ3n) is 5.23. The van der Waals surface area contributed by atoms with Gasteiger partial charge in [-0.25, -0.2) is 13.2 Å². The van der Waals surface area contributed by atoms with Crippen LogP contribution < -0.4 is 14.8 Å². The number of rotatable bonds is 11. The molecule has 9 nitrogen and oxygen atoms in total. The molecule has 0 saturated carbocycles. The van der Waals surface area contributed by atoms with E-state index in [0.29, 0.717) is 30.0 Å². The number of aliphatic hydroxyl groups is 1. The Labute approximate surface area is 204 Å². The number of benzene rings is 3. The van der Waals surface area contributed by atoms with E-state index in [1.54, 1.807) is 19.1 Å². The van der Waals surface area contributed by atoms with Gasteiger partial charge in [0.1, 0.15) is 18.1 Å². The quantitative estimate of drug-likeness (QED) is 0.199. The zero-order valence-corrected chi connectivity index (χ0v) is 20.2. The van der Waals surface area contributed by atoms with Crippen molar-refractivity contribution in [2.24, 2.45) is 0 Å². The van der Waals surface area contributed by atoms with E-state index >= 15 is 0 Å². The van der Waals surface area contributed by atoms with Crippen LogP contribution in [0.25, 0.3) is 11.1 Å². The predicted octanol–water partition coefficient (Wildman–Crippen LogP) is 3.14. The Bertz CT molecular complexity index is 1290. The second-order valence-corrected chi connectivity index (χ2v) is 9.83. The Morgan fingerprint density at radius 2 is 1.71 bits per heavy atom. The van der Waals surface area contributed by atoms with E-state index in [-0.39, 0.29) is 23.5 Å². The lowest BCUT2D eigenvalue weighted by molar-refractivity contribution is 0.0696. The standard InChI is InChI=1S/C25H28N2O7S/c1-16-13-18(5-9-21(16)25(30)31)17-3-7-20(8-4-17)34-12-11-26-15-24(29)19-6-10-23(28)22(14-19)27-35(2,32)33/h3-10,13-14,24,26-29H,11-12,15H2,1-2H3,(H,30,31)/t24-/m0/s1. The van der Waals surface area contributed by atoms with Crippen molar-refractivity contribution in [3.63, 3.8) is 0 Å². The second kappa shape index (κ2) is 11.2. The molecule has 0 radical (unpaired) electrons. The van der Waals surface area contributed by atoms with Crippen molar-refractivity contribution in [1.29, 1.82) is 0 Å². The average molecular weight is 501 g/mol. The first-order valence-corrected chi connectivity index (χ1v) is 12.7. The fourth-order valence-corrected chi connectivity index (χ4v) is 4.03. The first-order valence-electron chi connectivity index (χ1n) is 10.8. The third-order valence-corrected chi connectivity index (χ3v) is 5.82. The molecule has 0 bridgehead atoms. The number of anilines is 1. The van der Waals surface area contributed by atoms with Gasteiger partial charge in [-0.05, 0) is 59.5 Å². The van der Waals surface area contributed by atoms with E-state index in [9.17, 15) is 23.4 Å². The highest BCUT2D eigenvalue weighted by Gasteiger charge is 2.13. The smallest absolute Gasteiger partial charge is 0.335 e. The normalized spacial score (nSPS) is 12.2. The summed E-state index contributed by atoms with van der Waals surface area (Å²) < 4.78 is 30.7. The highest BCUT2D eigenvalue weighted by molar-refractivity contribution is 7.92. The third kappa shape index (κ3) is 7.44. The van der Waals surface area contributed by atoms with E-state index in [4.69, 9.17) is 9.84 Å². The molecule has 5 N–H and O–H groups in total. The number of hydrogen-bond acceptors (Lipinski definition) is 7. The highest BCUT2D eigenvalue weighted by Crippen LogP contribution is 2.28. The van der Waals surface area contributed by atoms with Crippen LogP contribution in [0.2, 0.25) is 0 Å². The molecule has 0 spiro atoms. The molecule has 0 aliphatic rings. The monoisotopic (exact) mass is 500 g/mol. The number of sulfonamides is 1. The van der Waals surface area contributed by atoms with Crippen molar-refractivity contribution in [1.82, 2.24) is 5.32 Å². The molecule has 3 aromatic rings. The molecule has 3 rings (SSSR count). The zero-order chi connectivity index (χ0) is 25.6. The number of ether oxygens (including phenoxy) is 1. The number of carboxylic acids is 1. The SMILES string of the molecule is Cc1cc(-c2ccc(OCCNC[C@H](O)c3ccc(O)c(NS(C)(=O)=O)c3)cc2)ccc1C(=O)O. The molecule has 0 fully saturated rings. The van der Waals surface area contributed by atoms with Gasteiger partial charge < -0.3 is 25.4 Å². The fourth-order valence-electron chi connectivity index (χ4n) is 3.47. The van der Waals surface area contributed by atoms with E-state index < -0.39 is 22.1 Å². The van der Waals surface area contributed by atoms with Crippen molar-refractivity contribution in [3.8, 4) is 22.6 Å². The second-order valence-electron chi connectivity index (χ2n) is 8.08. The number of aromatic hydroxyl groups is 1. The molecule has 1 atom stereocenters. The van der Waals surface area contributed by atoms with Crippen molar-refractivity contribution in [2.45, 2.75) is 13.0 Å². The maximum absolute atomic E-state index is 11.4. The Morgan fingerprint density at radius 1 is 1.03 bits per heavy atom. The minimum absolute atomic E-state index is 0.00354. The van der Waals surface area contributed by atoms with Gasteiger partial charge in [-0.3, -0.25) is 4.72 Å². The molecule has 0 aromatic heterocycles. The number of phenolic OH excluding ortho intramolecular Hbond substituents is 1. The van der Waals surface area contributed by atoms with Crippen LogP contribution in [-0.2, 0) is 10.0 Å². The fraction of sp³-hybridized carbons (Fsp3) is 0.240. The summed E-state index contributed by atoms with van der Waals surface area (Å²) in [5, 5.41) is 32.4. The summed E-state index contributed by atoms with van der Waals surface area (Å²) in [6.45, 7) is 2.79. The molecule has 10 heteroatoms. The van der Waals surface area contributed by atoms with Crippen molar-refractivity contribution in [3.05, 3.63) is 77.4 Å². The molecule has 3 aromatic carbocycles. The van der Waals surface area contributed by atoms with Crippen LogP contribution in [0.4, 0.5) is 5.69 Å². The van der Waals surface area contributed by atoms with Crippen LogP contribution >= 0.6 is 0 Å². The molecule has 0 amide bonds. The van der Waals surface area contributed by atoms with Gasteiger partial charge in [0.15, 0.2) is 0 Å². The first-order chi connectivity index (χ1) is 16.5. The lowest BCUT2D eigenvalue weighted by atomic mass is 10.00. The first kappa shape index (κ1) is 26.0. The lowest BCUT2D eigenvalue weighted by Gasteiger charge is -2.15. The highest BCUT2D eigenvalue weighted by atomic mass is 32.2. The Kier molecular flexibility index (Phi) is 8.34. The minimum atomic E-state index is -3.56. The molecular formula is C25H28N2O7S. The summed E-state index contributed by atoms with van der Waals surface area (Å²) in [6.07, 6.45) is 0.0651. The van der Waals surface area contributed by atoms with Crippen LogP contribution in [0, 0.1) is 6.92 Å². The lowest BCUT2D eigenvalue weighted by Crippen LogP contribution is -2.26. The van der Waals surface area contributed by atoms with E-state index in [0.717, 1.165) is 17.4 Å². The van der Waals surface area contributed by atoms with Crippen molar-refractivity contribution < 1.29 is 33.3 Å². The number of phenols is 1. The van der Waals surface area contributed by atoms with Crippen LogP contribution in [0.15, 0.2) is 60.7 Å². The van der Waals surface area contributed by atoms with Crippen LogP contribution in [0.3, 0.4) is 0 Å². The van der Waals surface area contributed by atoms with Crippen molar-refractivity contribution in [2.75, 3.05) is 30.7 Å². The van der Waals surface area contributed by atoms with E-state index in [1.807, 2.05) is 30.3 Å². The molecular weight excluding hydrogens is 472 g/mol. The van der Waals surface area contributed by atoms with Gasteiger partial charge in [0, 0.05) is 13.1 Å². The van der Waals surface area contributed by atoms with Crippen LogP contribution in [0.1, 0.15) is 27.6 Å². The van der Waals surface area contributed by atoms with Gasteiger partial charge >= 0.3 is 5.97 Å². The molecule has 0 unspecified atom stereocenters. The van der Waals surface area contributed by atoms with Gasteiger partial charge in [-0.15, -0.1) is 0 Å². The maximum Gasteiger partial charge on any atom is 0.335 e. The number of carboxylic acid groups (broad SMARTS) is 1. The number of aromatic carboxylic acids is 1. The predicted molar refractivity (Wildman–Crippen MR) is 133 cm³/mol. The summed E-state index contributed by atoms with van der Waals surface area (Å²) >= 11 is 0. The Balaban J connectivity index is 1.47. The summed E-state index contributed by atoms with van der Waals surface area (Å²) in [7, 11) is -3.56. The number of nitrogens with one attached hydrogen (secondary N) is 2. The van der Waals surface area contributed by atoms with Crippen LogP contribution in [0.5, 0.6) is 11.5 Å². The molecule has 0 aliphatic heterocycles. The topological polar surface area (TPSA) is 145 Å². The molecule has 0 heterocycles. The summed E-state index contributed by atoms with van der Waals surface area (Å²) in [5.74, 6) is -0.508. The van der Waals surface area contributed by atoms with Gasteiger partial charge in [-0.1, -0.05) is 30.3 Å². The van der Waals surface area contributed by atoms with Gasteiger partial charge in [0.2, 0.25) is 10.0 Å². The van der Waals surface area contributed by atoms with Gasteiger partial charge in [0.05, 0.1) is 23.6 Å². The number of aliphatic hydroxyl groups excluding tert-OH is 1. The molecule has 186 valence electrons. The number of hydrogen-bond donors (Lipinski definition) is 5. The van der Waals surface area contributed by atoms with E-state index in [1.165, 1.54) is 18.2 Å². The zero-order valence-electron chi connectivity index (χ0n) is 19.4.